The minimum Gasteiger partial charge on any atom is -0.324 e. The zero-order valence-corrected chi connectivity index (χ0v) is 16.9. The summed E-state index contributed by atoms with van der Waals surface area (Å²) in [5.74, 6) is 0.00783. The molecule has 1 aromatic heterocycles. The fourth-order valence-corrected chi connectivity index (χ4v) is 3.80. The van der Waals surface area contributed by atoms with E-state index < -0.39 is 0 Å². The van der Waals surface area contributed by atoms with Gasteiger partial charge in [0, 0.05) is 23.6 Å². The van der Waals surface area contributed by atoms with Crippen LogP contribution in [0.3, 0.4) is 0 Å². The molecule has 5 rings (SSSR count). The molecule has 2 aliphatic rings. The number of fused-ring (bicyclic) bond motifs is 1. The lowest BCUT2D eigenvalue weighted by atomic mass is 10.0. The number of benzene rings is 2. The van der Waals surface area contributed by atoms with Gasteiger partial charge in [0.15, 0.2) is 0 Å². The molecule has 0 aliphatic carbocycles. The molecule has 3 aromatic rings. The topological polar surface area (TPSA) is 80.1 Å². The normalized spacial score (nSPS) is 18.3. The second-order valence-electron chi connectivity index (χ2n) is 7.37. The van der Waals surface area contributed by atoms with Crippen molar-refractivity contribution in [3.63, 3.8) is 0 Å². The van der Waals surface area contributed by atoms with E-state index in [1.807, 2.05) is 61.5 Å². The van der Waals surface area contributed by atoms with Crippen LogP contribution in [0, 0.1) is 6.92 Å². The maximum atomic E-state index is 12.2. The molecule has 8 heteroatoms. The summed E-state index contributed by atoms with van der Waals surface area (Å²) in [6.07, 6.45) is 2.42. The van der Waals surface area contributed by atoms with E-state index in [1.165, 1.54) is 5.56 Å². The van der Waals surface area contributed by atoms with E-state index in [2.05, 4.69) is 15.4 Å². The van der Waals surface area contributed by atoms with Crippen LogP contribution in [-0.2, 0) is 9.59 Å². The lowest BCUT2D eigenvalue weighted by molar-refractivity contribution is -0.121. The monoisotopic (exact) mass is 419 g/mol. The molecule has 0 saturated carbocycles. The third-order valence-corrected chi connectivity index (χ3v) is 5.53. The van der Waals surface area contributed by atoms with E-state index in [4.69, 9.17) is 11.6 Å². The van der Waals surface area contributed by atoms with Crippen LogP contribution in [0.2, 0.25) is 5.02 Å². The predicted molar refractivity (Wildman–Crippen MR) is 114 cm³/mol. The van der Waals surface area contributed by atoms with Crippen molar-refractivity contribution in [1.29, 1.82) is 0 Å². The van der Waals surface area contributed by atoms with Crippen molar-refractivity contribution < 1.29 is 9.59 Å². The third-order valence-electron chi connectivity index (χ3n) is 5.28. The number of nitrogens with zero attached hydrogens (tertiary/aromatic N) is 4. The molecule has 2 aromatic carbocycles. The van der Waals surface area contributed by atoms with Crippen LogP contribution in [0.5, 0.6) is 0 Å². The Hall–Kier alpha value is -3.45. The minimum atomic E-state index is -0.280. The zero-order chi connectivity index (χ0) is 20.8. The maximum Gasteiger partial charge on any atom is 0.260 e. The van der Waals surface area contributed by atoms with Crippen molar-refractivity contribution in [3.8, 4) is 0 Å². The van der Waals surface area contributed by atoms with E-state index in [0.717, 1.165) is 21.7 Å². The Morgan fingerprint density at radius 2 is 1.67 bits per heavy atom. The summed E-state index contributed by atoms with van der Waals surface area (Å²) in [5.41, 5.74) is 4.01. The molecule has 1 fully saturated rings. The van der Waals surface area contributed by atoms with Crippen molar-refractivity contribution in [2.75, 3.05) is 10.2 Å². The molecular weight excluding hydrogens is 402 g/mol. The second-order valence-corrected chi connectivity index (χ2v) is 7.81. The summed E-state index contributed by atoms with van der Waals surface area (Å²) >= 11 is 6.07. The first kappa shape index (κ1) is 18.6. The van der Waals surface area contributed by atoms with Crippen LogP contribution in [0.4, 0.5) is 11.9 Å². The van der Waals surface area contributed by atoms with E-state index >= 15 is 0 Å². The number of hydrogen-bond donors (Lipinski definition) is 1. The molecule has 1 saturated heterocycles. The third kappa shape index (κ3) is 3.17. The van der Waals surface area contributed by atoms with Gasteiger partial charge >= 0.3 is 0 Å². The summed E-state index contributed by atoms with van der Waals surface area (Å²) in [7, 11) is 0. The molecule has 30 heavy (non-hydrogen) atoms. The highest BCUT2D eigenvalue weighted by Gasteiger charge is 2.35. The van der Waals surface area contributed by atoms with Crippen LogP contribution in [0.15, 0.2) is 54.6 Å². The second kappa shape index (κ2) is 7.11. The van der Waals surface area contributed by atoms with Crippen molar-refractivity contribution in [2.45, 2.75) is 25.8 Å². The van der Waals surface area contributed by atoms with Gasteiger partial charge < -0.3 is 5.32 Å². The molecular formula is C22H18ClN5O2. The molecule has 1 N–H and O–H groups in total. The molecule has 0 unspecified atom stereocenters. The number of hydrogen-bond acceptors (Lipinski definition) is 5. The van der Waals surface area contributed by atoms with Gasteiger partial charge in [0.05, 0.1) is 0 Å². The van der Waals surface area contributed by atoms with Crippen molar-refractivity contribution in [3.05, 3.63) is 76.3 Å². The van der Waals surface area contributed by atoms with E-state index in [0.29, 0.717) is 11.0 Å². The van der Waals surface area contributed by atoms with Crippen LogP contribution in [0.1, 0.15) is 35.6 Å². The molecule has 2 amide bonds. The largest absolute Gasteiger partial charge is 0.324 e. The zero-order valence-electron chi connectivity index (χ0n) is 16.2. The lowest BCUT2D eigenvalue weighted by Gasteiger charge is -2.24. The average molecular weight is 420 g/mol. The number of amides is 2. The summed E-state index contributed by atoms with van der Waals surface area (Å²) < 4.78 is 1.69. The van der Waals surface area contributed by atoms with Gasteiger partial charge in [-0.3, -0.25) is 9.59 Å². The first-order valence-electron chi connectivity index (χ1n) is 9.63. The number of nitrogens with one attached hydrogen (secondary N) is 1. The number of anilines is 2. The standard InChI is InChI=1S/C22H18ClN5O2/c1-13-2-4-14(5-3-13)17-12-18(15-6-8-16(23)9-7-15)28-21(24-17)25-22(26-28)27-19(29)10-11-20(27)30/h2-9,12,18H,10-11H2,1H3,(H,24,25,26)/t18-/m0/s1. The van der Waals surface area contributed by atoms with Gasteiger partial charge in [-0.1, -0.05) is 53.6 Å². The Labute approximate surface area is 178 Å². The van der Waals surface area contributed by atoms with E-state index in [1.54, 1.807) is 4.68 Å². The quantitative estimate of drug-likeness (QED) is 0.650. The summed E-state index contributed by atoms with van der Waals surface area (Å²) in [6, 6.07) is 15.4. The van der Waals surface area contributed by atoms with E-state index in [-0.39, 0.29) is 36.6 Å². The van der Waals surface area contributed by atoms with Gasteiger partial charge in [-0.05, 0) is 36.3 Å². The number of carbonyl (C=O) groups is 2. The first-order valence-corrected chi connectivity index (χ1v) is 10.0. The lowest BCUT2D eigenvalue weighted by Crippen LogP contribution is -2.29. The highest BCUT2D eigenvalue weighted by Crippen LogP contribution is 2.34. The van der Waals surface area contributed by atoms with Gasteiger partial charge in [0.1, 0.15) is 6.04 Å². The summed E-state index contributed by atoms with van der Waals surface area (Å²) in [5, 5.41) is 8.44. The fraction of sp³-hybridized carbons (Fsp3) is 0.182. The summed E-state index contributed by atoms with van der Waals surface area (Å²) in [4.78, 5) is 29.9. The van der Waals surface area contributed by atoms with Gasteiger partial charge in [-0.15, -0.1) is 5.10 Å². The SMILES string of the molecule is Cc1ccc(C2=C[C@@H](c3ccc(Cl)cc3)n3nc(N4C(=O)CCC4=O)nc3N2)cc1. The molecule has 3 heterocycles. The number of halogens is 1. The van der Waals surface area contributed by atoms with Crippen LogP contribution in [-0.4, -0.2) is 26.6 Å². The maximum absolute atomic E-state index is 12.2. The Balaban J connectivity index is 1.61. The number of allylic oxidation sites excluding steroid dienone is 1. The van der Waals surface area contributed by atoms with Crippen molar-refractivity contribution in [1.82, 2.24) is 14.8 Å². The minimum absolute atomic E-state index is 0.0996. The van der Waals surface area contributed by atoms with Crippen LogP contribution < -0.4 is 10.2 Å². The van der Waals surface area contributed by atoms with E-state index in [9.17, 15) is 9.59 Å². The molecule has 7 nitrogen and oxygen atoms in total. The fourth-order valence-electron chi connectivity index (χ4n) is 3.68. The molecule has 1 atom stereocenters. The summed E-state index contributed by atoms with van der Waals surface area (Å²) in [6.45, 7) is 2.04. The van der Waals surface area contributed by atoms with Gasteiger partial charge in [0.25, 0.3) is 5.95 Å². The average Bonchev–Trinajstić information content (AvgIpc) is 3.30. The van der Waals surface area contributed by atoms with Crippen LogP contribution >= 0.6 is 11.6 Å². The Morgan fingerprint density at radius 1 is 1.00 bits per heavy atom. The van der Waals surface area contributed by atoms with Crippen molar-refractivity contribution in [2.24, 2.45) is 0 Å². The molecule has 0 bridgehead atoms. The first-order chi connectivity index (χ1) is 14.5. The highest BCUT2D eigenvalue weighted by atomic mass is 35.5. The van der Waals surface area contributed by atoms with Gasteiger partial charge in [-0.2, -0.15) is 4.98 Å². The highest BCUT2D eigenvalue weighted by molar-refractivity contribution is 6.30. The van der Waals surface area contributed by atoms with Gasteiger partial charge in [0.2, 0.25) is 17.8 Å². The Kier molecular flexibility index (Phi) is 4.40. The molecule has 2 aliphatic heterocycles. The number of aryl methyl sites for hydroxylation is 1. The predicted octanol–water partition coefficient (Wildman–Crippen LogP) is 3.95. The molecule has 0 radical (unpaired) electrons. The number of imide groups is 1. The van der Waals surface area contributed by atoms with Crippen molar-refractivity contribution >= 4 is 41.0 Å². The number of aromatic nitrogens is 3. The number of rotatable bonds is 3. The molecule has 150 valence electrons. The van der Waals surface area contributed by atoms with Gasteiger partial charge in [-0.25, -0.2) is 9.58 Å². The smallest absolute Gasteiger partial charge is 0.260 e. The number of carbonyl (C=O) groups excluding carboxylic acids is 2. The Bertz CT molecular complexity index is 1170. The Morgan fingerprint density at radius 3 is 2.33 bits per heavy atom. The molecule has 0 spiro atoms. The van der Waals surface area contributed by atoms with Crippen LogP contribution in [0.25, 0.3) is 5.70 Å².